The highest BCUT2D eigenvalue weighted by Crippen LogP contribution is 2.30. The Kier molecular flexibility index (Phi) is 7.99. The molecule has 1 aliphatic rings. The summed E-state index contributed by atoms with van der Waals surface area (Å²) in [5.41, 5.74) is 1.75. The molecule has 0 saturated carbocycles. The number of nitrogens with zero attached hydrogens (tertiary/aromatic N) is 2. The van der Waals surface area contributed by atoms with E-state index >= 15 is 0 Å². The average Bonchev–Trinajstić information content (AvgIpc) is 2.80. The number of ether oxygens (including phenoxy) is 1. The molecule has 0 atom stereocenters. The number of hydrogen-bond donors (Lipinski definition) is 1. The number of anilines is 2. The summed E-state index contributed by atoms with van der Waals surface area (Å²) in [6, 6.07) is 12.4. The predicted molar refractivity (Wildman–Crippen MR) is 126 cm³/mol. The highest BCUT2D eigenvalue weighted by atomic mass is 32.2. The molecule has 0 unspecified atom stereocenters. The third kappa shape index (κ3) is 5.23. The number of morpholine rings is 1. The zero-order chi connectivity index (χ0) is 22.4. The molecule has 1 aliphatic heterocycles. The molecule has 1 N–H and O–H groups in total. The van der Waals surface area contributed by atoms with Crippen LogP contribution in [-0.4, -0.2) is 64.3 Å². The molecule has 3 rings (SSSR count). The van der Waals surface area contributed by atoms with Crippen LogP contribution in [0.1, 0.15) is 24.2 Å². The number of hydrogen-bond acceptors (Lipinski definition) is 6. The van der Waals surface area contributed by atoms with Gasteiger partial charge in [0.15, 0.2) is 0 Å². The minimum absolute atomic E-state index is 0.122. The zero-order valence-electron chi connectivity index (χ0n) is 18.1. The summed E-state index contributed by atoms with van der Waals surface area (Å²) in [6.07, 6.45) is 1.95. The number of carbonyl (C=O) groups excluding carboxylic acids is 1. The summed E-state index contributed by atoms with van der Waals surface area (Å²) < 4.78 is 33.0. The molecule has 2 aromatic carbocycles. The fourth-order valence-corrected chi connectivity index (χ4v) is 5.63. The van der Waals surface area contributed by atoms with Crippen LogP contribution in [0.15, 0.2) is 52.3 Å². The van der Waals surface area contributed by atoms with Crippen molar-refractivity contribution in [2.45, 2.75) is 23.6 Å². The molecule has 0 radical (unpaired) electrons. The summed E-state index contributed by atoms with van der Waals surface area (Å²) in [7, 11) is -3.68. The highest BCUT2D eigenvalue weighted by molar-refractivity contribution is 7.98. The summed E-state index contributed by atoms with van der Waals surface area (Å²) in [4.78, 5) is 16.5. The number of para-hydroxylation sites is 1. The molecular formula is C22H29N3O4S2. The second kappa shape index (κ2) is 10.5. The molecule has 0 bridgehead atoms. The number of thioether (sulfide) groups is 1. The molecule has 1 fully saturated rings. The molecule has 0 aromatic heterocycles. The lowest BCUT2D eigenvalue weighted by Crippen LogP contribution is -2.37. The van der Waals surface area contributed by atoms with Crippen molar-refractivity contribution in [1.82, 2.24) is 4.31 Å². The fourth-order valence-electron chi connectivity index (χ4n) is 3.59. The number of nitrogens with one attached hydrogen (secondary N) is 1. The van der Waals surface area contributed by atoms with Crippen LogP contribution in [0.2, 0.25) is 0 Å². The molecule has 168 valence electrons. The molecule has 7 nitrogen and oxygen atoms in total. The van der Waals surface area contributed by atoms with Gasteiger partial charge in [-0.3, -0.25) is 4.79 Å². The van der Waals surface area contributed by atoms with E-state index in [-0.39, 0.29) is 10.8 Å². The third-order valence-corrected chi connectivity index (χ3v) is 8.10. The van der Waals surface area contributed by atoms with E-state index in [4.69, 9.17) is 4.74 Å². The van der Waals surface area contributed by atoms with Gasteiger partial charge < -0.3 is 15.0 Å². The molecule has 0 aliphatic carbocycles. The van der Waals surface area contributed by atoms with E-state index in [1.165, 1.54) is 22.1 Å². The van der Waals surface area contributed by atoms with Crippen molar-refractivity contribution >= 4 is 39.1 Å². The van der Waals surface area contributed by atoms with Crippen LogP contribution in [0.3, 0.4) is 0 Å². The van der Waals surface area contributed by atoms with Crippen molar-refractivity contribution < 1.29 is 17.9 Å². The van der Waals surface area contributed by atoms with Gasteiger partial charge in [-0.15, -0.1) is 11.8 Å². The summed E-state index contributed by atoms with van der Waals surface area (Å²) in [5, 5.41) is 2.97. The number of amides is 1. The van der Waals surface area contributed by atoms with Crippen LogP contribution in [0.25, 0.3) is 0 Å². The molecule has 1 amide bonds. The number of benzene rings is 2. The zero-order valence-corrected chi connectivity index (χ0v) is 19.8. The molecule has 9 heteroatoms. The molecule has 1 heterocycles. The first-order chi connectivity index (χ1) is 14.9. The van der Waals surface area contributed by atoms with Gasteiger partial charge in [0.25, 0.3) is 5.91 Å². The SMILES string of the molecule is CCN(CC)S(=O)(=O)c1ccc(N2CCOCC2)c(C(=O)Nc2ccccc2SC)c1. The van der Waals surface area contributed by atoms with Gasteiger partial charge >= 0.3 is 0 Å². The highest BCUT2D eigenvalue weighted by Gasteiger charge is 2.26. The van der Waals surface area contributed by atoms with Crippen molar-refractivity contribution in [3.05, 3.63) is 48.0 Å². The molecule has 2 aromatic rings. The number of rotatable bonds is 8. The monoisotopic (exact) mass is 463 g/mol. The molecule has 0 spiro atoms. The second-order valence-corrected chi connectivity index (χ2v) is 9.81. The summed E-state index contributed by atoms with van der Waals surface area (Å²) in [6.45, 7) is 6.75. The van der Waals surface area contributed by atoms with Gasteiger partial charge in [0.05, 0.1) is 29.4 Å². The standard InChI is InChI=1S/C22H29N3O4S2/c1-4-25(5-2)31(27,28)17-10-11-20(24-12-14-29-15-13-24)18(16-17)22(26)23-19-8-6-7-9-21(19)30-3/h6-11,16H,4-5,12-15H2,1-3H3,(H,23,26). The Labute approximate surface area is 188 Å². The van der Waals surface area contributed by atoms with Crippen molar-refractivity contribution in [3.63, 3.8) is 0 Å². The van der Waals surface area contributed by atoms with Gasteiger partial charge in [0.1, 0.15) is 0 Å². The Bertz CT molecular complexity index is 1020. The first-order valence-electron chi connectivity index (χ1n) is 10.3. The van der Waals surface area contributed by atoms with Crippen molar-refractivity contribution in [3.8, 4) is 0 Å². The minimum atomic E-state index is -3.68. The van der Waals surface area contributed by atoms with Gasteiger partial charge in [-0.2, -0.15) is 4.31 Å². The first-order valence-corrected chi connectivity index (χ1v) is 13.0. The summed E-state index contributed by atoms with van der Waals surface area (Å²) in [5.74, 6) is -0.334. The lowest BCUT2D eigenvalue weighted by Gasteiger charge is -2.31. The van der Waals surface area contributed by atoms with Gasteiger partial charge in [-0.05, 0) is 36.6 Å². The Balaban J connectivity index is 2.04. The maximum Gasteiger partial charge on any atom is 0.257 e. The van der Waals surface area contributed by atoms with E-state index in [9.17, 15) is 13.2 Å². The van der Waals surface area contributed by atoms with Gasteiger partial charge in [0, 0.05) is 36.8 Å². The molecule has 1 saturated heterocycles. The molecular weight excluding hydrogens is 434 g/mol. The van der Waals surface area contributed by atoms with E-state index in [1.807, 2.05) is 30.5 Å². The smallest absolute Gasteiger partial charge is 0.257 e. The number of sulfonamides is 1. The lowest BCUT2D eigenvalue weighted by molar-refractivity contribution is 0.102. The van der Waals surface area contributed by atoms with E-state index < -0.39 is 10.0 Å². The fraction of sp³-hybridized carbons (Fsp3) is 0.409. The number of carbonyl (C=O) groups is 1. The second-order valence-electron chi connectivity index (χ2n) is 7.02. The Morgan fingerprint density at radius 1 is 1.13 bits per heavy atom. The van der Waals surface area contributed by atoms with Crippen LogP contribution < -0.4 is 10.2 Å². The first kappa shape index (κ1) is 23.6. The maximum absolute atomic E-state index is 13.3. The van der Waals surface area contributed by atoms with Crippen molar-refractivity contribution in [1.29, 1.82) is 0 Å². The Hall–Kier alpha value is -2.07. The van der Waals surface area contributed by atoms with Gasteiger partial charge in [-0.1, -0.05) is 26.0 Å². The van der Waals surface area contributed by atoms with E-state index in [1.54, 1.807) is 26.0 Å². The van der Waals surface area contributed by atoms with E-state index in [2.05, 4.69) is 10.2 Å². The largest absolute Gasteiger partial charge is 0.378 e. The van der Waals surface area contributed by atoms with Crippen LogP contribution in [-0.2, 0) is 14.8 Å². The lowest BCUT2D eigenvalue weighted by atomic mass is 10.1. The summed E-state index contributed by atoms with van der Waals surface area (Å²) >= 11 is 1.54. The topological polar surface area (TPSA) is 79.0 Å². The van der Waals surface area contributed by atoms with E-state index in [0.29, 0.717) is 56.3 Å². The van der Waals surface area contributed by atoms with Crippen LogP contribution in [0.5, 0.6) is 0 Å². The van der Waals surface area contributed by atoms with Crippen molar-refractivity contribution in [2.24, 2.45) is 0 Å². The van der Waals surface area contributed by atoms with Crippen molar-refractivity contribution in [2.75, 3.05) is 55.9 Å². The average molecular weight is 464 g/mol. The quantitative estimate of drug-likeness (QED) is 0.604. The molecule has 31 heavy (non-hydrogen) atoms. The Morgan fingerprint density at radius 2 is 1.81 bits per heavy atom. The van der Waals surface area contributed by atoms with E-state index in [0.717, 1.165) is 4.90 Å². The van der Waals surface area contributed by atoms with Crippen LogP contribution >= 0.6 is 11.8 Å². The third-order valence-electron chi connectivity index (χ3n) is 5.26. The van der Waals surface area contributed by atoms with Gasteiger partial charge in [-0.25, -0.2) is 8.42 Å². The minimum Gasteiger partial charge on any atom is -0.378 e. The van der Waals surface area contributed by atoms with Crippen LogP contribution in [0, 0.1) is 0 Å². The Morgan fingerprint density at radius 3 is 2.45 bits per heavy atom. The predicted octanol–water partition coefficient (Wildman–Crippen LogP) is 3.53. The normalized spacial score (nSPS) is 14.6. The van der Waals surface area contributed by atoms with Gasteiger partial charge in [0.2, 0.25) is 10.0 Å². The maximum atomic E-state index is 13.3. The van der Waals surface area contributed by atoms with Crippen LogP contribution in [0.4, 0.5) is 11.4 Å².